The van der Waals surface area contributed by atoms with Gasteiger partial charge in [0.05, 0.1) is 31.2 Å². The Kier molecular flexibility index (Phi) is 7.49. The highest BCUT2D eigenvalue weighted by Gasteiger charge is 2.41. The van der Waals surface area contributed by atoms with E-state index in [9.17, 15) is 4.79 Å². The fourth-order valence-electron chi connectivity index (χ4n) is 4.51. The molecule has 3 unspecified atom stereocenters. The van der Waals surface area contributed by atoms with Crippen LogP contribution < -0.4 is 0 Å². The Labute approximate surface area is 170 Å². The fourth-order valence-corrected chi connectivity index (χ4v) is 4.51. The molecule has 1 amide bonds. The maximum absolute atomic E-state index is 13.1. The lowest BCUT2D eigenvalue weighted by Gasteiger charge is -2.50. The first-order valence-corrected chi connectivity index (χ1v) is 10.8. The predicted octanol–water partition coefficient (Wildman–Crippen LogP) is 2.96. The highest BCUT2D eigenvalue weighted by molar-refractivity contribution is 5.79. The molecule has 2 fully saturated rings. The van der Waals surface area contributed by atoms with Crippen LogP contribution in [0.15, 0.2) is 18.2 Å². The number of carbonyl (C=O) groups excluding carboxylic acids is 1. The second-order valence-corrected chi connectivity index (χ2v) is 8.16. The molecule has 2 saturated heterocycles. The van der Waals surface area contributed by atoms with Crippen LogP contribution in [-0.2, 0) is 20.7 Å². The van der Waals surface area contributed by atoms with Gasteiger partial charge < -0.3 is 14.4 Å². The van der Waals surface area contributed by atoms with Crippen LogP contribution in [0.3, 0.4) is 0 Å². The molecule has 5 nitrogen and oxygen atoms in total. The van der Waals surface area contributed by atoms with Gasteiger partial charge in [0.15, 0.2) is 0 Å². The van der Waals surface area contributed by atoms with Gasteiger partial charge in [-0.3, -0.25) is 9.69 Å². The summed E-state index contributed by atoms with van der Waals surface area (Å²) in [7, 11) is 0. The maximum atomic E-state index is 13.1. The number of hydrogen-bond acceptors (Lipinski definition) is 4. The maximum Gasteiger partial charge on any atom is 0.227 e. The Balaban J connectivity index is 1.68. The van der Waals surface area contributed by atoms with E-state index in [-0.39, 0.29) is 24.1 Å². The molecule has 0 N–H and O–H groups in total. The highest BCUT2D eigenvalue weighted by atomic mass is 16.5. The number of rotatable bonds is 7. The molecule has 5 heteroatoms. The second kappa shape index (κ2) is 9.86. The van der Waals surface area contributed by atoms with E-state index in [0.717, 1.165) is 51.3 Å². The van der Waals surface area contributed by atoms with Crippen LogP contribution in [0, 0.1) is 13.8 Å². The van der Waals surface area contributed by atoms with Gasteiger partial charge in [0, 0.05) is 32.8 Å². The molecule has 0 radical (unpaired) electrons. The average molecular weight is 389 g/mol. The van der Waals surface area contributed by atoms with Crippen molar-refractivity contribution in [3.05, 3.63) is 34.9 Å². The van der Waals surface area contributed by atoms with Gasteiger partial charge >= 0.3 is 0 Å². The number of fused-ring (bicyclic) bond motifs is 1. The largest absolute Gasteiger partial charge is 0.380 e. The summed E-state index contributed by atoms with van der Waals surface area (Å²) in [6.07, 6.45) is 2.68. The Hall–Kier alpha value is -1.43. The Bertz CT molecular complexity index is 663. The molecule has 1 aromatic rings. The molecular weight excluding hydrogens is 352 g/mol. The van der Waals surface area contributed by atoms with E-state index < -0.39 is 0 Å². The van der Waals surface area contributed by atoms with Crippen LogP contribution in [0.5, 0.6) is 0 Å². The fraction of sp³-hybridized carbons (Fsp3) is 0.696. The van der Waals surface area contributed by atoms with Gasteiger partial charge in [-0.25, -0.2) is 0 Å². The SMILES string of the molecule is CCOC(CC)CN1CCN(C(=O)Cc2ccc(C)c(C)c2)C2CCOCC21. The van der Waals surface area contributed by atoms with Crippen molar-refractivity contribution in [1.82, 2.24) is 9.80 Å². The average Bonchev–Trinajstić information content (AvgIpc) is 2.70. The molecular formula is C23H36N2O3. The molecule has 156 valence electrons. The lowest BCUT2D eigenvalue weighted by Crippen LogP contribution is -2.65. The zero-order chi connectivity index (χ0) is 20.1. The zero-order valence-corrected chi connectivity index (χ0v) is 17.9. The van der Waals surface area contributed by atoms with Gasteiger partial charge in [-0.15, -0.1) is 0 Å². The number of benzene rings is 1. The van der Waals surface area contributed by atoms with Crippen molar-refractivity contribution < 1.29 is 14.3 Å². The van der Waals surface area contributed by atoms with E-state index in [0.29, 0.717) is 13.0 Å². The minimum atomic E-state index is 0.247. The molecule has 0 bridgehead atoms. The highest BCUT2D eigenvalue weighted by Crippen LogP contribution is 2.26. The van der Waals surface area contributed by atoms with Gasteiger partial charge in [0.1, 0.15) is 0 Å². The number of piperazine rings is 1. The van der Waals surface area contributed by atoms with Crippen molar-refractivity contribution >= 4 is 5.91 Å². The van der Waals surface area contributed by atoms with Crippen molar-refractivity contribution in [2.24, 2.45) is 0 Å². The molecule has 2 aliphatic heterocycles. The summed E-state index contributed by atoms with van der Waals surface area (Å²) in [5, 5.41) is 0. The van der Waals surface area contributed by atoms with E-state index in [1.165, 1.54) is 11.1 Å². The van der Waals surface area contributed by atoms with E-state index in [4.69, 9.17) is 9.47 Å². The van der Waals surface area contributed by atoms with Crippen LogP contribution in [0.1, 0.15) is 43.4 Å². The van der Waals surface area contributed by atoms with Gasteiger partial charge in [-0.2, -0.15) is 0 Å². The van der Waals surface area contributed by atoms with Gasteiger partial charge in [0.25, 0.3) is 0 Å². The van der Waals surface area contributed by atoms with Crippen molar-refractivity contribution in [2.75, 3.05) is 39.5 Å². The summed E-state index contributed by atoms with van der Waals surface area (Å²) >= 11 is 0. The summed E-state index contributed by atoms with van der Waals surface area (Å²) in [4.78, 5) is 17.8. The molecule has 3 rings (SSSR count). The van der Waals surface area contributed by atoms with Crippen LogP contribution in [-0.4, -0.2) is 73.3 Å². The molecule has 2 heterocycles. The van der Waals surface area contributed by atoms with Crippen molar-refractivity contribution in [3.63, 3.8) is 0 Å². The zero-order valence-electron chi connectivity index (χ0n) is 17.9. The quantitative estimate of drug-likeness (QED) is 0.720. The van der Waals surface area contributed by atoms with Gasteiger partial charge in [-0.1, -0.05) is 25.1 Å². The third-order valence-electron chi connectivity index (χ3n) is 6.33. The van der Waals surface area contributed by atoms with E-state index >= 15 is 0 Å². The van der Waals surface area contributed by atoms with Crippen LogP contribution >= 0.6 is 0 Å². The van der Waals surface area contributed by atoms with Crippen molar-refractivity contribution in [1.29, 1.82) is 0 Å². The van der Waals surface area contributed by atoms with Gasteiger partial charge in [-0.05, 0) is 50.3 Å². The smallest absolute Gasteiger partial charge is 0.227 e. The molecule has 0 aliphatic carbocycles. The summed E-state index contributed by atoms with van der Waals surface area (Å²) in [5.74, 6) is 0.247. The lowest BCUT2D eigenvalue weighted by atomic mass is 9.95. The predicted molar refractivity (Wildman–Crippen MR) is 112 cm³/mol. The molecule has 0 saturated carbocycles. The first-order chi connectivity index (χ1) is 13.5. The molecule has 2 aliphatic rings. The summed E-state index contributed by atoms with van der Waals surface area (Å²) in [6, 6.07) is 6.89. The molecule has 28 heavy (non-hydrogen) atoms. The van der Waals surface area contributed by atoms with E-state index in [2.05, 4.69) is 55.7 Å². The minimum absolute atomic E-state index is 0.247. The first kappa shape index (κ1) is 21.3. The Morgan fingerprint density at radius 2 is 2.04 bits per heavy atom. The Morgan fingerprint density at radius 1 is 1.21 bits per heavy atom. The molecule has 1 aromatic carbocycles. The number of carbonyl (C=O) groups is 1. The summed E-state index contributed by atoms with van der Waals surface area (Å²) in [6.45, 7) is 13.3. The van der Waals surface area contributed by atoms with Gasteiger partial charge in [0.2, 0.25) is 5.91 Å². The number of amides is 1. The topological polar surface area (TPSA) is 42.0 Å². The van der Waals surface area contributed by atoms with E-state index in [1.54, 1.807) is 0 Å². The van der Waals surface area contributed by atoms with Crippen LogP contribution in [0.4, 0.5) is 0 Å². The number of ether oxygens (including phenoxy) is 2. The first-order valence-electron chi connectivity index (χ1n) is 10.8. The summed E-state index contributed by atoms with van der Waals surface area (Å²) < 4.78 is 11.7. The number of hydrogen-bond donors (Lipinski definition) is 0. The van der Waals surface area contributed by atoms with Crippen LogP contribution in [0.2, 0.25) is 0 Å². The number of aryl methyl sites for hydroxylation is 2. The van der Waals surface area contributed by atoms with E-state index in [1.807, 2.05) is 0 Å². The minimum Gasteiger partial charge on any atom is -0.380 e. The Morgan fingerprint density at radius 3 is 2.75 bits per heavy atom. The molecule has 0 aromatic heterocycles. The second-order valence-electron chi connectivity index (χ2n) is 8.16. The third-order valence-corrected chi connectivity index (χ3v) is 6.33. The van der Waals surface area contributed by atoms with Crippen LogP contribution in [0.25, 0.3) is 0 Å². The molecule has 0 spiro atoms. The lowest BCUT2D eigenvalue weighted by molar-refractivity contribution is -0.145. The van der Waals surface area contributed by atoms with Crippen molar-refractivity contribution in [2.45, 2.75) is 65.1 Å². The number of nitrogens with zero attached hydrogens (tertiary/aromatic N) is 2. The standard InChI is InChI=1S/C23H36N2O3/c1-5-20(28-6-2)15-24-10-11-25(21-9-12-27-16-22(21)24)23(26)14-19-8-7-17(3)18(4)13-19/h7-8,13,20-22H,5-6,9-12,14-16H2,1-4H3. The monoisotopic (exact) mass is 388 g/mol. The summed E-state index contributed by atoms with van der Waals surface area (Å²) in [5.41, 5.74) is 3.64. The normalized spacial score (nSPS) is 24.1. The van der Waals surface area contributed by atoms with Crippen molar-refractivity contribution in [3.8, 4) is 0 Å². The third kappa shape index (κ3) is 4.94. The molecule has 3 atom stereocenters.